The van der Waals surface area contributed by atoms with Gasteiger partial charge in [0.1, 0.15) is 0 Å². The molecule has 0 saturated carbocycles. The average molecular weight is 372 g/mol. The summed E-state index contributed by atoms with van der Waals surface area (Å²) >= 11 is -3.40. The summed E-state index contributed by atoms with van der Waals surface area (Å²) in [5, 5.41) is 0. The van der Waals surface area contributed by atoms with E-state index in [1.54, 1.807) is 0 Å². The van der Waals surface area contributed by atoms with Gasteiger partial charge in [-0.2, -0.15) is 0 Å². The maximum atomic E-state index is 6.92. The van der Waals surface area contributed by atoms with E-state index in [0.717, 1.165) is 12.8 Å². The van der Waals surface area contributed by atoms with E-state index >= 15 is 0 Å². The first-order valence-electron chi connectivity index (χ1n) is 6.54. The van der Waals surface area contributed by atoms with E-state index in [1.807, 2.05) is 13.8 Å². The van der Waals surface area contributed by atoms with E-state index in [4.69, 9.17) is 17.0 Å². The van der Waals surface area contributed by atoms with Gasteiger partial charge in [-0.05, 0) is 0 Å². The fraction of sp³-hybridized carbons (Fsp3) is 0.250. The molecule has 2 aliphatic rings. The Bertz CT molecular complexity index is 495. The van der Waals surface area contributed by atoms with Crippen LogP contribution in [0.15, 0.2) is 66.3 Å². The second-order valence-electron chi connectivity index (χ2n) is 4.66. The topological polar surface area (TPSA) is 0 Å². The number of allylic oxidation sites excluding steroid dienone is 12. The van der Waals surface area contributed by atoms with E-state index in [1.165, 1.54) is 17.7 Å². The zero-order chi connectivity index (χ0) is 13.9. The fourth-order valence-electron chi connectivity index (χ4n) is 2.52. The minimum absolute atomic E-state index is 0.912. The van der Waals surface area contributed by atoms with Crippen molar-refractivity contribution in [1.29, 1.82) is 0 Å². The quantitative estimate of drug-likeness (QED) is 0.565. The van der Waals surface area contributed by atoms with Crippen molar-refractivity contribution in [2.45, 2.75) is 26.7 Å². The molecular weight excluding hydrogens is 354 g/mol. The standard InChI is InChI=1S/2C8H9.2ClH.Zr/c2*1-2-5-8-6-3-4-7-8;;;/h2*2-3,5-6H,4H2,1H3;2*1H;/q;;;;+2/p-2/b2*5-2-;;;. The van der Waals surface area contributed by atoms with Gasteiger partial charge >= 0.3 is 128 Å². The van der Waals surface area contributed by atoms with Gasteiger partial charge < -0.3 is 0 Å². The monoisotopic (exact) mass is 370 g/mol. The van der Waals surface area contributed by atoms with Crippen LogP contribution in [0.3, 0.4) is 0 Å². The van der Waals surface area contributed by atoms with E-state index in [0.29, 0.717) is 0 Å². The first kappa shape index (κ1) is 15.3. The van der Waals surface area contributed by atoms with E-state index < -0.39 is 17.9 Å². The molecule has 0 nitrogen and oxygen atoms in total. The molecule has 19 heavy (non-hydrogen) atoms. The third-order valence-corrected chi connectivity index (χ3v) is 14.9. The Hall–Kier alpha value is -0.0969. The van der Waals surface area contributed by atoms with Crippen molar-refractivity contribution in [1.82, 2.24) is 0 Å². The van der Waals surface area contributed by atoms with Crippen LogP contribution in [0.2, 0.25) is 0 Å². The molecule has 0 fully saturated rings. The number of rotatable bonds is 4. The molecular formula is C16H18Cl2Zr. The second kappa shape index (κ2) is 6.57. The molecule has 0 unspecified atom stereocenters. The Balaban J connectivity index is 2.44. The molecule has 2 aliphatic carbocycles. The van der Waals surface area contributed by atoms with Crippen molar-refractivity contribution in [2.24, 2.45) is 0 Å². The molecule has 0 aromatic rings. The van der Waals surface area contributed by atoms with Crippen LogP contribution >= 0.6 is 17.0 Å². The Morgan fingerprint density at radius 1 is 0.895 bits per heavy atom. The van der Waals surface area contributed by atoms with Crippen molar-refractivity contribution in [2.75, 3.05) is 0 Å². The van der Waals surface area contributed by atoms with Crippen LogP contribution in [0.25, 0.3) is 0 Å². The first-order valence-corrected chi connectivity index (χ1v) is 15.3. The summed E-state index contributed by atoms with van der Waals surface area (Å²) in [5.41, 5.74) is 2.45. The molecule has 2 rings (SSSR count). The molecule has 0 atom stereocenters. The third kappa shape index (κ3) is 3.15. The van der Waals surface area contributed by atoms with Crippen LogP contribution < -0.4 is 0 Å². The molecule has 0 heterocycles. The summed E-state index contributed by atoms with van der Waals surface area (Å²) in [6.07, 6.45) is 18.8. The Kier molecular flexibility index (Phi) is 5.29. The van der Waals surface area contributed by atoms with Gasteiger partial charge in [0, 0.05) is 0 Å². The summed E-state index contributed by atoms with van der Waals surface area (Å²) in [7, 11) is 13.8. The van der Waals surface area contributed by atoms with Gasteiger partial charge in [0.15, 0.2) is 0 Å². The van der Waals surface area contributed by atoms with Crippen LogP contribution in [-0.2, 0) is 17.9 Å². The van der Waals surface area contributed by atoms with Crippen molar-refractivity contribution in [3.05, 3.63) is 66.3 Å². The van der Waals surface area contributed by atoms with Crippen LogP contribution in [0.5, 0.6) is 0 Å². The Morgan fingerprint density at radius 3 is 1.68 bits per heavy atom. The average Bonchev–Trinajstić information content (AvgIpc) is 2.99. The molecule has 0 aliphatic heterocycles. The summed E-state index contributed by atoms with van der Waals surface area (Å²) in [4.78, 5) is 0. The van der Waals surface area contributed by atoms with Crippen LogP contribution in [-0.4, -0.2) is 0 Å². The van der Waals surface area contributed by atoms with Gasteiger partial charge in [-0.1, -0.05) is 0 Å². The molecule has 0 saturated heterocycles. The maximum absolute atomic E-state index is 6.92. The van der Waals surface area contributed by atoms with Crippen LogP contribution in [0.1, 0.15) is 26.7 Å². The summed E-state index contributed by atoms with van der Waals surface area (Å²) in [6.45, 7) is 4.05. The van der Waals surface area contributed by atoms with Crippen molar-refractivity contribution in [3.63, 3.8) is 0 Å². The number of hydrogen-bond acceptors (Lipinski definition) is 0. The van der Waals surface area contributed by atoms with Gasteiger partial charge in [-0.25, -0.2) is 0 Å². The molecule has 0 N–H and O–H groups in total. The molecule has 0 aromatic heterocycles. The number of halogens is 2. The molecule has 100 valence electrons. The zero-order valence-corrected chi connectivity index (χ0v) is 15.3. The fourth-order valence-corrected chi connectivity index (χ4v) is 12.3. The van der Waals surface area contributed by atoms with Gasteiger partial charge in [-0.3, -0.25) is 0 Å². The first-order chi connectivity index (χ1) is 9.11. The van der Waals surface area contributed by atoms with E-state index in [2.05, 4.69) is 48.6 Å². The molecule has 0 amide bonds. The summed E-state index contributed by atoms with van der Waals surface area (Å²) in [6, 6.07) is 0. The third-order valence-electron chi connectivity index (χ3n) is 3.39. The number of hydrogen-bond donors (Lipinski definition) is 0. The van der Waals surface area contributed by atoms with Crippen molar-refractivity contribution >= 4 is 17.0 Å². The van der Waals surface area contributed by atoms with E-state index in [-0.39, 0.29) is 0 Å². The van der Waals surface area contributed by atoms with Crippen molar-refractivity contribution in [3.8, 4) is 0 Å². The van der Waals surface area contributed by atoms with Gasteiger partial charge in [0.2, 0.25) is 0 Å². The zero-order valence-electron chi connectivity index (χ0n) is 11.3. The predicted molar refractivity (Wildman–Crippen MR) is 82.9 cm³/mol. The summed E-state index contributed by atoms with van der Waals surface area (Å²) in [5.74, 6) is 0. The minimum atomic E-state index is -3.40. The molecule has 0 aromatic carbocycles. The molecule has 0 spiro atoms. The van der Waals surface area contributed by atoms with Crippen LogP contribution in [0.4, 0.5) is 0 Å². The Labute approximate surface area is 127 Å². The molecule has 0 radical (unpaired) electrons. The summed E-state index contributed by atoms with van der Waals surface area (Å²) < 4.78 is 2.58. The predicted octanol–water partition coefficient (Wildman–Crippen LogP) is 6.03. The van der Waals surface area contributed by atoms with Gasteiger partial charge in [0.25, 0.3) is 0 Å². The molecule has 3 heteroatoms. The van der Waals surface area contributed by atoms with Crippen molar-refractivity contribution < 1.29 is 17.9 Å². The normalized spacial score (nSPS) is 20.0. The SMILES string of the molecule is C/C=C\C1=[C]([Zr]([Cl])([Cl])[C]2=C(/C=C\C)C=CC2)CC=C1. The molecule has 0 bridgehead atoms. The second-order valence-corrected chi connectivity index (χ2v) is 18.3. The Morgan fingerprint density at radius 2 is 1.32 bits per heavy atom. The van der Waals surface area contributed by atoms with Crippen LogP contribution in [0, 0.1) is 0 Å². The van der Waals surface area contributed by atoms with E-state index in [9.17, 15) is 0 Å². The van der Waals surface area contributed by atoms with Gasteiger partial charge in [-0.15, -0.1) is 0 Å². The van der Waals surface area contributed by atoms with Gasteiger partial charge in [0.05, 0.1) is 0 Å².